The maximum atomic E-state index is 13.0. The lowest BCUT2D eigenvalue weighted by molar-refractivity contribution is -0.192. The molecule has 3 fully saturated rings. The third-order valence-electron chi connectivity index (χ3n) is 7.21. The van der Waals surface area contributed by atoms with Gasteiger partial charge in [0, 0.05) is 31.7 Å². The highest BCUT2D eigenvalue weighted by Gasteiger charge is 2.43. The number of β-amino-alcohol motifs (C(OH)–C–C–N with tert-alkyl or cyclic N) is 1. The number of rotatable bonds is 4. The maximum absolute atomic E-state index is 13.0. The van der Waals surface area contributed by atoms with Crippen molar-refractivity contribution in [3.63, 3.8) is 0 Å². The molecule has 196 valence electrons. The zero-order chi connectivity index (χ0) is 25.6. The lowest BCUT2D eigenvalue weighted by Crippen LogP contribution is -2.44. The molecule has 0 saturated carbocycles. The van der Waals surface area contributed by atoms with Gasteiger partial charge >= 0.3 is 12.1 Å². The Balaban J connectivity index is 0.000000429. The van der Waals surface area contributed by atoms with Gasteiger partial charge in [-0.3, -0.25) is 9.69 Å². The average Bonchev–Trinajstić information content (AvgIpc) is 3.20. The minimum absolute atomic E-state index is 0.177. The second-order valence-electron chi connectivity index (χ2n) is 9.80. The fourth-order valence-corrected chi connectivity index (χ4v) is 5.24. The Labute approximate surface area is 203 Å². The van der Waals surface area contributed by atoms with Crippen molar-refractivity contribution in [1.82, 2.24) is 9.80 Å². The molecule has 3 saturated heterocycles. The number of carboxylic acids is 1. The number of benzene rings is 1. The van der Waals surface area contributed by atoms with Gasteiger partial charge in [-0.25, -0.2) is 4.79 Å². The van der Waals surface area contributed by atoms with E-state index in [0.29, 0.717) is 0 Å². The molecule has 1 aromatic carbocycles. The number of nitrogens with zero attached hydrogens (tertiary/aromatic N) is 2. The van der Waals surface area contributed by atoms with Gasteiger partial charge < -0.3 is 19.8 Å². The number of aliphatic carboxylic acids is 1. The zero-order valence-electron chi connectivity index (χ0n) is 20.1. The lowest BCUT2D eigenvalue weighted by Gasteiger charge is -2.39. The van der Waals surface area contributed by atoms with Crippen LogP contribution >= 0.6 is 0 Å². The van der Waals surface area contributed by atoms with Crippen molar-refractivity contribution in [3.8, 4) is 0 Å². The number of amides is 1. The van der Waals surface area contributed by atoms with Crippen LogP contribution in [0.1, 0.15) is 54.9 Å². The highest BCUT2D eigenvalue weighted by atomic mass is 19.4. The molecule has 7 nitrogen and oxygen atoms in total. The van der Waals surface area contributed by atoms with E-state index in [1.807, 2.05) is 23.1 Å². The summed E-state index contributed by atoms with van der Waals surface area (Å²) in [6.07, 6.45) is 1.07. The first kappa shape index (κ1) is 27.4. The van der Waals surface area contributed by atoms with Crippen LogP contribution in [-0.2, 0) is 16.0 Å². The van der Waals surface area contributed by atoms with Gasteiger partial charge in [-0.1, -0.05) is 25.1 Å². The van der Waals surface area contributed by atoms with Gasteiger partial charge in [-0.05, 0) is 62.1 Å². The van der Waals surface area contributed by atoms with E-state index < -0.39 is 12.1 Å². The molecule has 10 heteroatoms. The van der Waals surface area contributed by atoms with E-state index in [-0.39, 0.29) is 23.5 Å². The Hall–Kier alpha value is -2.17. The number of halogens is 3. The van der Waals surface area contributed by atoms with Crippen LogP contribution in [0.25, 0.3) is 0 Å². The van der Waals surface area contributed by atoms with Gasteiger partial charge in [0.05, 0.1) is 18.8 Å². The van der Waals surface area contributed by atoms with E-state index >= 15 is 0 Å². The molecule has 1 amide bonds. The quantitative estimate of drug-likeness (QED) is 0.659. The number of carboxylic acid groups (broad SMARTS) is 1. The van der Waals surface area contributed by atoms with Gasteiger partial charge in [-0.2, -0.15) is 13.2 Å². The summed E-state index contributed by atoms with van der Waals surface area (Å²) >= 11 is 0. The third-order valence-corrected chi connectivity index (χ3v) is 7.21. The second-order valence-corrected chi connectivity index (χ2v) is 9.80. The summed E-state index contributed by atoms with van der Waals surface area (Å²) < 4.78 is 37.9. The molecular weight excluding hydrogens is 465 g/mol. The summed E-state index contributed by atoms with van der Waals surface area (Å²) in [6, 6.07) is 8.00. The number of aliphatic hydroxyl groups is 1. The smallest absolute Gasteiger partial charge is 0.475 e. The van der Waals surface area contributed by atoms with Crippen LogP contribution in [0.3, 0.4) is 0 Å². The molecule has 2 unspecified atom stereocenters. The normalized spacial score (nSPS) is 24.7. The standard InChI is InChI=1S/C23H34N2O3.C2HF3O2/c1-2-18-6-3-4-8-21(18)22(27)25-12-9-23(10-13-25)14-20(28-17-23)16-24-11-5-7-19(26)15-24;3-2(4,5)1(6)7/h3-4,6,8,19-20,26H,2,5,7,9-17H2,1H3;(H,6,7). The Kier molecular flexibility index (Phi) is 9.17. The van der Waals surface area contributed by atoms with E-state index in [9.17, 15) is 23.1 Å². The van der Waals surface area contributed by atoms with Crippen molar-refractivity contribution < 1.29 is 37.7 Å². The molecule has 4 rings (SSSR count). The Morgan fingerprint density at radius 2 is 1.83 bits per heavy atom. The van der Waals surface area contributed by atoms with E-state index in [0.717, 1.165) is 89.0 Å². The van der Waals surface area contributed by atoms with Gasteiger partial charge in [0.2, 0.25) is 0 Å². The topological polar surface area (TPSA) is 90.3 Å². The van der Waals surface area contributed by atoms with Crippen LogP contribution in [0.4, 0.5) is 13.2 Å². The van der Waals surface area contributed by atoms with Crippen LogP contribution < -0.4 is 0 Å². The number of likely N-dealkylation sites (tertiary alicyclic amines) is 2. The van der Waals surface area contributed by atoms with Crippen molar-refractivity contribution in [2.75, 3.05) is 39.3 Å². The fourth-order valence-electron chi connectivity index (χ4n) is 5.24. The van der Waals surface area contributed by atoms with E-state index in [1.54, 1.807) is 0 Å². The molecule has 0 bridgehead atoms. The van der Waals surface area contributed by atoms with E-state index in [1.165, 1.54) is 0 Å². The summed E-state index contributed by atoms with van der Waals surface area (Å²) in [7, 11) is 0. The van der Waals surface area contributed by atoms with Gasteiger partial charge in [0.1, 0.15) is 0 Å². The molecule has 3 heterocycles. The first-order valence-corrected chi connectivity index (χ1v) is 12.2. The minimum atomic E-state index is -5.08. The molecule has 1 aromatic rings. The minimum Gasteiger partial charge on any atom is -0.475 e. The van der Waals surface area contributed by atoms with Crippen molar-refractivity contribution in [3.05, 3.63) is 35.4 Å². The van der Waals surface area contributed by atoms with Crippen molar-refractivity contribution in [2.24, 2.45) is 5.41 Å². The molecule has 35 heavy (non-hydrogen) atoms. The van der Waals surface area contributed by atoms with Crippen LogP contribution in [0.2, 0.25) is 0 Å². The Bertz CT molecular complexity index is 871. The highest BCUT2D eigenvalue weighted by Crippen LogP contribution is 2.42. The molecular formula is C25H35F3N2O5. The summed E-state index contributed by atoms with van der Waals surface area (Å²) in [4.78, 5) is 26.3. The number of ether oxygens (including phenoxy) is 1. The molecule has 0 radical (unpaired) electrons. The molecule has 2 atom stereocenters. The summed E-state index contributed by atoms with van der Waals surface area (Å²) in [5.41, 5.74) is 2.24. The molecule has 3 aliphatic rings. The van der Waals surface area contributed by atoms with Gasteiger partial charge in [0.15, 0.2) is 0 Å². The number of hydrogen-bond donors (Lipinski definition) is 2. The summed E-state index contributed by atoms with van der Waals surface area (Å²) in [5, 5.41) is 17.0. The second kappa shape index (κ2) is 11.7. The summed E-state index contributed by atoms with van der Waals surface area (Å²) in [6.45, 7) is 7.38. The van der Waals surface area contributed by atoms with Crippen molar-refractivity contribution >= 4 is 11.9 Å². The number of piperidine rings is 2. The molecule has 0 aromatic heterocycles. The summed E-state index contributed by atoms with van der Waals surface area (Å²) in [5.74, 6) is -2.57. The molecule has 0 aliphatic carbocycles. The predicted molar refractivity (Wildman–Crippen MR) is 123 cm³/mol. The van der Waals surface area contributed by atoms with Crippen LogP contribution in [0, 0.1) is 5.41 Å². The van der Waals surface area contributed by atoms with Crippen LogP contribution in [0.5, 0.6) is 0 Å². The Morgan fingerprint density at radius 1 is 1.17 bits per heavy atom. The number of carbonyl (C=O) groups is 2. The number of aliphatic hydroxyl groups excluding tert-OH is 1. The number of hydrogen-bond acceptors (Lipinski definition) is 5. The van der Waals surface area contributed by atoms with Gasteiger partial charge in [0.25, 0.3) is 5.91 Å². The SMILES string of the molecule is CCc1ccccc1C(=O)N1CCC2(CC1)COC(CN1CCCC(O)C1)C2.O=C(O)C(F)(F)F. The number of alkyl halides is 3. The van der Waals surface area contributed by atoms with Crippen molar-refractivity contribution in [1.29, 1.82) is 0 Å². The fraction of sp³-hybridized carbons (Fsp3) is 0.680. The maximum Gasteiger partial charge on any atom is 0.490 e. The number of carbonyl (C=O) groups excluding carboxylic acids is 1. The highest BCUT2D eigenvalue weighted by molar-refractivity contribution is 5.95. The van der Waals surface area contributed by atoms with E-state index in [4.69, 9.17) is 14.6 Å². The first-order chi connectivity index (χ1) is 16.5. The van der Waals surface area contributed by atoms with Crippen LogP contribution in [0.15, 0.2) is 24.3 Å². The van der Waals surface area contributed by atoms with Crippen LogP contribution in [-0.4, -0.2) is 89.6 Å². The third kappa shape index (κ3) is 7.41. The molecule has 3 aliphatic heterocycles. The average molecular weight is 501 g/mol. The molecule has 1 spiro atoms. The number of aryl methyl sites for hydroxylation is 1. The first-order valence-electron chi connectivity index (χ1n) is 12.2. The Morgan fingerprint density at radius 3 is 2.43 bits per heavy atom. The van der Waals surface area contributed by atoms with Crippen molar-refractivity contribution in [2.45, 2.75) is 63.8 Å². The largest absolute Gasteiger partial charge is 0.490 e. The predicted octanol–water partition coefficient (Wildman–Crippen LogP) is 3.35. The molecule has 2 N–H and O–H groups in total. The van der Waals surface area contributed by atoms with Gasteiger partial charge in [-0.15, -0.1) is 0 Å². The van der Waals surface area contributed by atoms with E-state index in [2.05, 4.69) is 17.9 Å². The lowest BCUT2D eigenvalue weighted by atomic mass is 9.76. The zero-order valence-corrected chi connectivity index (χ0v) is 20.1. The monoisotopic (exact) mass is 500 g/mol.